The van der Waals surface area contributed by atoms with Crippen molar-refractivity contribution in [3.63, 3.8) is 0 Å². The second kappa shape index (κ2) is 30.5. The Bertz CT molecular complexity index is 2980. The predicted molar refractivity (Wildman–Crippen MR) is 339 cm³/mol. The van der Waals surface area contributed by atoms with Gasteiger partial charge in [0.1, 0.15) is 42.8 Å². The number of rotatable bonds is 23. The zero-order chi connectivity index (χ0) is 66.5. The second-order valence-corrected chi connectivity index (χ2v) is 28.2. The summed E-state index contributed by atoms with van der Waals surface area (Å²) in [6.45, 7) is 14.8. The minimum Gasteiger partial charge on any atom is -0.445 e. The van der Waals surface area contributed by atoms with Crippen molar-refractivity contribution in [1.29, 1.82) is 0 Å². The van der Waals surface area contributed by atoms with E-state index in [9.17, 15) is 43.5 Å². The van der Waals surface area contributed by atoms with E-state index in [0.717, 1.165) is 67.4 Å². The number of hydrogen-bond donors (Lipinski definition) is 7. The molecule has 94 heavy (non-hydrogen) atoms. The van der Waals surface area contributed by atoms with Crippen molar-refractivity contribution in [3.8, 4) is 0 Å². The summed E-state index contributed by atoms with van der Waals surface area (Å²) in [4.78, 5) is 104. The molecule has 516 valence electrons. The van der Waals surface area contributed by atoms with Gasteiger partial charge in [-0.15, -0.1) is 0 Å². The summed E-state index contributed by atoms with van der Waals surface area (Å²) in [7, 11) is 1.59. The van der Waals surface area contributed by atoms with E-state index in [-0.39, 0.29) is 179 Å². The third-order valence-corrected chi connectivity index (χ3v) is 21.2. The number of urea groups is 1. The Balaban J connectivity index is 0.671. The van der Waals surface area contributed by atoms with Gasteiger partial charge in [0.05, 0.1) is 78.8 Å². The number of anilines is 1. The average molecular weight is 1310 g/mol. The standard InChI is InChI=1S/C69H97N7O18/c1-36(2)59(75-55(79)12-8-7-9-26-76-56(80)21-22-57(76)81)66(83)74-48(11-10-25-71-67(70)84)65(82)73-41-15-13-40(14-16-41)35-87-68(85)72-34-43(78)31-53-60(86-6)47-30-42(77)29-45-18-20-50-61(90-45)64-63-62(92-50)58-54(93-63)33-69(58,94-64)24-23-46-28-38(4)49(88-46)19-17-44-27-37(3)39(5)51(89-44)32-52(47)91-53/h13-16,21-22,36-37,43-54,58-64,78H,4-5,7-12,17-20,23-35H2,1-3,6H3,(H,72,85)(H,73,82)(H,74,83)(H,75,79)(H3,70,71,84)/t37-,43+,44+,45-,46+,47+,48+,49+,50+,51-,52+,53-,54-,58+,59+,60-,61+,62+,63-,64+,69+/m1/s1. The number of Topliss-reactive ketones (excluding diaryl/α,β-unsaturated/α-hetero) is 1. The molecule has 0 radical (unpaired) electrons. The third-order valence-electron chi connectivity index (χ3n) is 21.2. The number of nitrogens with zero attached hydrogens (tertiary/aromatic N) is 1. The number of ether oxygens (including phenoxy) is 9. The number of alkyl carbamates (subject to hydrolysis) is 1. The maximum absolute atomic E-state index is 14.5. The lowest BCUT2D eigenvalue weighted by Crippen LogP contribution is -2.72. The van der Waals surface area contributed by atoms with E-state index in [1.807, 2.05) is 0 Å². The van der Waals surface area contributed by atoms with Gasteiger partial charge < -0.3 is 80.1 Å². The minimum absolute atomic E-state index is 0.0179. The Hall–Kier alpha value is -6.16. The van der Waals surface area contributed by atoms with E-state index in [2.05, 4.69) is 46.7 Å². The molecule has 1 spiro atoms. The molecular formula is C69H97N7O18. The van der Waals surface area contributed by atoms with Crippen LogP contribution in [0.15, 0.2) is 60.7 Å². The number of imide groups is 1. The highest BCUT2D eigenvalue weighted by Crippen LogP contribution is 2.63. The monoisotopic (exact) mass is 1310 g/mol. The van der Waals surface area contributed by atoms with Crippen LogP contribution in [0.4, 0.5) is 15.3 Å². The molecule has 9 aliphatic heterocycles. The Kier molecular flexibility index (Phi) is 22.5. The van der Waals surface area contributed by atoms with E-state index in [0.29, 0.717) is 43.4 Å². The molecule has 11 rings (SSSR count). The van der Waals surface area contributed by atoms with Crippen molar-refractivity contribution in [2.75, 3.05) is 32.1 Å². The number of amides is 8. The van der Waals surface area contributed by atoms with Gasteiger partial charge in [-0.3, -0.25) is 33.7 Å². The van der Waals surface area contributed by atoms with Crippen molar-refractivity contribution in [3.05, 3.63) is 66.3 Å². The van der Waals surface area contributed by atoms with Crippen molar-refractivity contribution < 1.29 is 86.1 Å². The lowest BCUT2D eigenvalue weighted by atomic mass is 9.60. The van der Waals surface area contributed by atoms with Gasteiger partial charge in [0.2, 0.25) is 17.7 Å². The Labute approximate surface area is 549 Å². The fraction of sp³-hybridized carbons (Fsp3) is 0.710. The molecule has 9 heterocycles. The molecule has 25 nitrogen and oxygen atoms in total. The number of nitrogens with two attached hydrogens (primary N) is 1. The van der Waals surface area contributed by atoms with Gasteiger partial charge in [-0.2, -0.15) is 0 Å². The third kappa shape index (κ3) is 16.1. The van der Waals surface area contributed by atoms with Gasteiger partial charge in [-0.05, 0) is 118 Å². The Morgan fingerprint density at radius 2 is 1.51 bits per heavy atom. The fourth-order valence-electron chi connectivity index (χ4n) is 16.3. The van der Waals surface area contributed by atoms with E-state index in [1.165, 1.54) is 12.2 Å². The summed E-state index contributed by atoms with van der Waals surface area (Å²) in [5.74, 6) is -2.62. The highest BCUT2D eigenvalue weighted by molar-refractivity contribution is 6.12. The molecule has 9 fully saturated rings. The molecule has 1 saturated carbocycles. The van der Waals surface area contributed by atoms with Crippen molar-refractivity contribution >= 4 is 53.1 Å². The normalized spacial score (nSPS) is 35.2. The van der Waals surface area contributed by atoms with Crippen LogP contribution in [0.2, 0.25) is 0 Å². The summed E-state index contributed by atoms with van der Waals surface area (Å²) < 4.78 is 59.8. The number of ketones is 1. The molecule has 1 aromatic carbocycles. The smallest absolute Gasteiger partial charge is 0.407 e. The summed E-state index contributed by atoms with van der Waals surface area (Å²) in [5, 5.41) is 25.0. The Morgan fingerprint density at radius 3 is 2.27 bits per heavy atom. The summed E-state index contributed by atoms with van der Waals surface area (Å²) in [6, 6.07) is 3.70. The Morgan fingerprint density at radius 1 is 0.766 bits per heavy atom. The van der Waals surface area contributed by atoms with Crippen LogP contribution in [0.3, 0.4) is 0 Å². The van der Waals surface area contributed by atoms with Crippen molar-refractivity contribution in [2.24, 2.45) is 29.4 Å². The van der Waals surface area contributed by atoms with E-state index < -0.39 is 66.4 Å². The van der Waals surface area contributed by atoms with E-state index in [4.69, 9.17) is 48.4 Å². The number of benzene rings is 1. The molecule has 25 heteroatoms. The van der Waals surface area contributed by atoms with Crippen LogP contribution >= 0.6 is 0 Å². The van der Waals surface area contributed by atoms with Crippen LogP contribution in [0.1, 0.15) is 148 Å². The number of aliphatic hydroxyl groups is 1. The molecule has 21 atom stereocenters. The van der Waals surface area contributed by atoms with Crippen LogP contribution in [-0.4, -0.2) is 193 Å². The van der Waals surface area contributed by atoms with Gasteiger partial charge in [-0.25, -0.2) is 9.59 Å². The number of aliphatic hydroxyl groups excluding tert-OH is 1. The first-order chi connectivity index (χ1) is 45.1. The fourth-order valence-corrected chi connectivity index (χ4v) is 16.3. The molecule has 8 saturated heterocycles. The maximum atomic E-state index is 14.5. The summed E-state index contributed by atoms with van der Waals surface area (Å²) in [6.07, 6.45) is 7.20. The average Bonchev–Trinajstić information content (AvgIpc) is 1.49. The molecular weight excluding hydrogens is 1210 g/mol. The zero-order valence-electron chi connectivity index (χ0n) is 54.7. The van der Waals surface area contributed by atoms with Crippen LogP contribution in [0, 0.1) is 23.7 Å². The van der Waals surface area contributed by atoms with Gasteiger partial charge in [0.25, 0.3) is 11.8 Å². The number of fused-ring (bicyclic) bond motifs is 6. The first-order valence-electron chi connectivity index (χ1n) is 34.3. The lowest BCUT2D eigenvalue weighted by Gasteiger charge is -2.60. The molecule has 10 aliphatic rings. The summed E-state index contributed by atoms with van der Waals surface area (Å²) in [5.41, 5.74) is 7.92. The number of carbonyl (C=O) groups excluding carboxylic acids is 8. The maximum Gasteiger partial charge on any atom is 0.407 e. The molecule has 1 aromatic rings. The lowest BCUT2D eigenvalue weighted by molar-refractivity contribution is -0.331. The zero-order valence-corrected chi connectivity index (χ0v) is 54.7. The molecule has 8 amide bonds. The topological polar surface area (TPSA) is 329 Å². The largest absolute Gasteiger partial charge is 0.445 e. The molecule has 8 N–H and O–H groups in total. The quantitative estimate of drug-likeness (QED) is 0.0422. The van der Waals surface area contributed by atoms with E-state index >= 15 is 0 Å². The highest BCUT2D eigenvalue weighted by Gasteiger charge is 2.74. The van der Waals surface area contributed by atoms with Crippen LogP contribution in [-0.2, 0) is 78.0 Å². The van der Waals surface area contributed by atoms with E-state index in [1.54, 1.807) is 45.2 Å². The van der Waals surface area contributed by atoms with Gasteiger partial charge in [0.15, 0.2) is 0 Å². The highest BCUT2D eigenvalue weighted by atomic mass is 16.7. The second-order valence-electron chi connectivity index (χ2n) is 28.2. The van der Waals surface area contributed by atoms with Crippen LogP contribution < -0.4 is 32.3 Å². The van der Waals surface area contributed by atoms with Crippen molar-refractivity contribution in [2.45, 2.75) is 259 Å². The van der Waals surface area contributed by atoms with Gasteiger partial charge in [0, 0.05) is 94.9 Å². The van der Waals surface area contributed by atoms with Crippen LogP contribution in [0.25, 0.3) is 0 Å². The SMILES string of the molecule is C=C1C[C@@H]2CC[C@@]34C[C@H]5O[C@H]6[C@@H](O3)[C@H]3O[C@H](CC[C@@H]3O[C@H]6[C@H]54)CC(=O)C[C@@H]3[C@@H](OC)[C@@H](C[C@H](O)CNC(=O)OCc4ccc(NC(=O)[C@H](CCCNC(N)=O)NC(=O)[C@@H](NC(=O)CCCCCN5C(=O)C=CC5=O)C(C)C)cc4)O[C@H]3C[C@H]3O[C@@H](CC[C@@H]1O2)C[C@@H](C)C3=C. The van der Waals surface area contributed by atoms with Crippen LogP contribution in [0.5, 0.6) is 0 Å². The van der Waals surface area contributed by atoms with Gasteiger partial charge in [-0.1, -0.05) is 52.5 Å². The number of unbranched alkanes of at least 4 members (excludes halogenated alkanes) is 2. The molecule has 0 aromatic heterocycles. The van der Waals surface area contributed by atoms with Gasteiger partial charge >= 0.3 is 12.1 Å². The number of nitrogens with one attached hydrogen (secondary N) is 5. The predicted octanol–water partition coefficient (Wildman–Crippen LogP) is 5.18. The molecule has 11 bridgehead atoms. The first kappa shape index (κ1) is 69.2. The van der Waals surface area contributed by atoms with Crippen molar-refractivity contribution in [1.82, 2.24) is 26.2 Å². The number of carbonyl (C=O) groups is 8. The molecule has 1 aliphatic carbocycles. The summed E-state index contributed by atoms with van der Waals surface area (Å²) >= 11 is 0. The number of primary amides is 1. The minimum atomic E-state index is -1.09. The molecule has 0 unspecified atom stereocenters. The first-order valence-corrected chi connectivity index (χ1v) is 34.3. The number of hydrogen-bond acceptors (Lipinski definition) is 18. The number of methoxy groups -OCH3 is 1.